The number of aromatic hydroxyl groups is 1. The summed E-state index contributed by atoms with van der Waals surface area (Å²) in [4.78, 5) is 25.6. The first-order chi connectivity index (χ1) is 15.0. The van der Waals surface area contributed by atoms with Crippen molar-refractivity contribution in [3.05, 3.63) is 94.3 Å². The number of benzene rings is 3. The first-order valence-electron chi connectivity index (χ1n) is 9.46. The van der Waals surface area contributed by atoms with Crippen molar-refractivity contribution in [3.63, 3.8) is 0 Å². The van der Waals surface area contributed by atoms with Crippen LogP contribution in [0.15, 0.2) is 86.9 Å². The molecule has 0 fully saturated rings. The molecule has 0 bridgehead atoms. The molecule has 0 aliphatic heterocycles. The number of fused-ring (bicyclic) bond motifs is 1. The van der Waals surface area contributed by atoms with Crippen molar-refractivity contribution < 1.29 is 19.1 Å². The Hall–Kier alpha value is -3.71. The maximum absolute atomic E-state index is 12.4. The number of anilines is 1. The highest BCUT2D eigenvalue weighted by molar-refractivity contribution is 7.98. The van der Waals surface area contributed by atoms with Gasteiger partial charge in [0.15, 0.2) is 0 Å². The van der Waals surface area contributed by atoms with Crippen LogP contribution in [0.2, 0.25) is 0 Å². The maximum Gasteiger partial charge on any atom is 0.340 e. The third-order valence-electron chi connectivity index (χ3n) is 4.63. The van der Waals surface area contributed by atoms with Crippen molar-refractivity contribution >= 4 is 34.3 Å². The van der Waals surface area contributed by atoms with Gasteiger partial charge in [0.05, 0.1) is 7.11 Å². The Morgan fingerprint density at radius 2 is 1.87 bits per heavy atom. The molecule has 0 atom stereocenters. The molecule has 1 amide bonds. The molecule has 0 spiro atoms. The van der Waals surface area contributed by atoms with Crippen molar-refractivity contribution in [2.75, 3.05) is 12.4 Å². The number of phenols is 1. The molecule has 0 saturated carbocycles. The molecule has 0 aliphatic rings. The fourth-order valence-electron chi connectivity index (χ4n) is 3.01. The molecule has 0 radical (unpaired) electrons. The fourth-order valence-corrected chi connectivity index (χ4v) is 3.86. The van der Waals surface area contributed by atoms with Crippen molar-refractivity contribution in [2.24, 2.45) is 0 Å². The van der Waals surface area contributed by atoms with E-state index in [0.29, 0.717) is 33.9 Å². The van der Waals surface area contributed by atoms with Gasteiger partial charge in [0.1, 0.15) is 17.1 Å². The monoisotopic (exact) mass is 433 g/mol. The minimum atomic E-state index is -0.423. The lowest BCUT2D eigenvalue weighted by molar-refractivity contribution is 0.102. The second kappa shape index (κ2) is 8.97. The van der Waals surface area contributed by atoms with Crippen molar-refractivity contribution in [3.8, 4) is 11.5 Å². The van der Waals surface area contributed by atoms with Gasteiger partial charge in [0.2, 0.25) is 0 Å². The lowest BCUT2D eigenvalue weighted by Gasteiger charge is -2.08. The summed E-state index contributed by atoms with van der Waals surface area (Å²) in [5.41, 5.74) is 1.65. The van der Waals surface area contributed by atoms with Crippen LogP contribution in [0.25, 0.3) is 11.0 Å². The normalized spacial score (nSPS) is 10.7. The minimum absolute atomic E-state index is 0.0522. The predicted molar refractivity (Wildman–Crippen MR) is 121 cm³/mol. The SMILES string of the molecule is COc1cccc(C(=O)Nc2ccc(SCc3cc4ccc(O)cc4oc3=O)cc2)c1. The molecule has 31 heavy (non-hydrogen) atoms. The molecule has 6 nitrogen and oxygen atoms in total. The van der Waals surface area contributed by atoms with Crippen LogP contribution in [0, 0.1) is 0 Å². The average Bonchev–Trinajstić information content (AvgIpc) is 2.78. The molecule has 7 heteroatoms. The van der Waals surface area contributed by atoms with E-state index in [0.717, 1.165) is 10.3 Å². The smallest absolute Gasteiger partial charge is 0.340 e. The number of hydrogen-bond acceptors (Lipinski definition) is 6. The van der Waals surface area contributed by atoms with Crippen LogP contribution in [-0.2, 0) is 5.75 Å². The van der Waals surface area contributed by atoms with Crippen LogP contribution in [-0.4, -0.2) is 18.1 Å². The largest absolute Gasteiger partial charge is 0.508 e. The molecular weight excluding hydrogens is 414 g/mol. The number of ether oxygens (including phenoxy) is 1. The van der Waals surface area contributed by atoms with Crippen LogP contribution in [0.5, 0.6) is 11.5 Å². The zero-order chi connectivity index (χ0) is 21.8. The zero-order valence-corrected chi connectivity index (χ0v) is 17.4. The van der Waals surface area contributed by atoms with Gasteiger partial charge in [0.25, 0.3) is 5.91 Å². The number of methoxy groups -OCH3 is 1. The third-order valence-corrected chi connectivity index (χ3v) is 5.69. The summed E-state index contributed by atoms with van der Waals surface area (Å²) < 4.78 is 10.4. The van der Waals surface area contributed by atoms with Crippen LogP contribution in [0.4, 0.5) is 5.69 Å². The number of thioether (sulfide) groups is 1. The van der Waals surface area contributed by atoms with E-state index in [1.807, 2.05) is 24.3 Å². The molecule has 4 rings (SSSR count). The van der Waals surface area contributed by atoms with Crippen molar-refractivity contribution in [1.29, 1.82) is 0 Å². The first kappa shape index (κ1) is 20.6. The van der Waals surface area contributed by atoms with Gasteiger partial charge in [-0.2, -0.15) is 0 Å². The first-order valence-corrected chi connectivity index (χ1v) is 10.4. The molecule has 4 aromatic rings. The highest BCUT2D eigenvalue weighted by Gasteiger charge is 2.09. The third kappa shape index (κ3) is 4.90. The number of phenolic OH excluding ortho intramolecular Hbond substituents is 1. The molecule has 156 valence electrons. The van der Waals surface area contributed by atoms with Crippen LogP contribution in [0.3, 0.4) is 0 Å². The van der Waals surface area contributed by atoms with Gasteiger partial charge >= 0.3 is 5.63 Å². The van der Waals surface area contributed by atoms with Gasteiger partial charge in [-0.1, -0.05) is 6.07 Å². The highest BCUT2D eigenvalue weighted by atomic mass is 32.2. The van der Waals surface area contributed by atoms with E-state index in [4.69, 9.17) is 9.15 Å². The molecular formula is C24H19NO5S. The highest BCUT2D eigenvalue weighted by Crippen LogP contribution is 2.26. The zero-order valence-electron chi connectivity index (χ0n) is 16.6. The number of carbonyl (C=O) groups is 1. The number of carbonyl (C=O) groups excluding carboxylic acids is 1. The van der Waals surface area contributed by atoms with Gasteiger partial charge in [-0.15, -0.1) is 11.8 Å². The summed E-state index contributed by atoms with van der Waals surface area (Å²) in [6, 6.07) is 20.8. The Bertz CT molecular complexity index is 1300. The van der Waals surface area contributed by atoms with Gasteiger partial charge in [-0.05, 0) is 60.7 Å². The van der Waals surface area contributed by atoms with Gasteiger partial charge in [0, 0.05) is 38.9 Å². The van der Waals surface area contributed by atoms with Gasteiger partial charge in [-0.25, -0.2) is 4.79 Å². The van der Waals surface area contributed by atoms with Crippen LogP contribution >= 0.6 is 11.8 Å². The number of hydrogen-bond donors (Lipinski definition) is 2. The lowest BCUT2D eigenvalue weighted by atomic mass is 10.2. The number of nitrogens with one attached hydrogen (secondary N) is 1. The lowest BCUT2D eigenvalue weighted by Crippen LogP contribution is -2.11. The summed E-state index contributed by atoms with van der Waals surface area (Å²) in [6.07, 6.45) is 0. The van der Waals surface area contributed by atoms with Crippen LogP contribution in [0.1, 0.15) is 15.9 Å². The fraction of sp³-hybridized carbons (Fsp3) is 0.0833. The standard InChI is InChI=1S/C24H19NO5S/c1-29-20-4-2-3-16(12-20)23(27)25-18-6-9-21(10-7-18)31-14-17-11-15-5-8-19(26)13-22(15)30-24(17)28/h2-13,26H,14H2,1H3,(H,25,27). The van der Waals surface area contributed by atoms with E-state index in [-0.39, 0.29) is 11.7 Å². The van der Waals surface area contributed by atoms with E-state index in [9.17, 15) is 14.7 Å². The maximum atomic E-state index is 12.4. The van der Waals surface area contributed by atoms with E-state index >= 15 is 0 Å². The van der Waals surface area contributed by atoms with Gasteiger partial charge in [-0.3, -0.25) is 4.79 Å². The Labute approximate surface area is 182 Å². The average molecular weight is 433 g/mol. The summed E-state index contributed by atoms with van der Waals surface area (Å²) >= 11 is 1.49. The van der Waals surface area contributed by atoms with Crippen molar-refractivity contribution in [2.45, 2.75) is 10.6 Å². The van der Waals surface area contributed by atoms with E-state index in [1.165, 1.54) is 17.8 Å². The molecule has 1 heterocycles. The summed E-state index contributed by atoms with van der Waals surface area (Å²) in [5, 5.41) is 13.1. The molecule has 2 N–H and O–H groups in total. The molecule has 0 unspecified atom stereocenters. The number of amides is 1. The summed E-state index contributed by atoms with van der Waals surface area (Å²) in [6.45, 7) is 0. The molecule has 1 aromatic heterocycles. The van der Waals surface area contributed by atoms with Gasteiger partial charge < -0.3 is 19.6 Å². The van der Waals surface area contributed by atoms with E-state index in [2.05, 4.69) is 5.32 Å². The predicted octanol–water partition coefficient (Wildman–Crippen LogP) is 5.05. The molecule has 3 aromatic carbocycles. The van der Waals surface area contributed by atoms with E-state index in [1.54, 1.807) is 49.6 Å². The Balaban J connectivity index is 1.41. The summed E-state index contributed by atoms with van der Waals surface area (Å²) in [7, 11) is 1.56. The second-order valence-corrected chi connectivity index (χ2v) is 7.83. The van der Waals surface area contributed by atoms with Crippen molar-refractivity contribution in [1.82, 2.24) is 0 Å². The topological polar surface area (TPSA) is 88.8 Å². The Kier molecular flexibility index (Phi) is 5.95. The summed E-state index contributed by atoms with van der Waals surface area (Å²) in [5.74, 6) is 0.888. The Morgan fingerprint density at radius 3 is 2.65 bits per heavy atom. The van der Waals surface area contributed by atoms with E-state index < -0.39 is 5.63 Å². The molecule has 0 aliphatic carbocycles. The second-order valence-electron chi connectivity index (χ2n) is 6.78. The van der Waals surface area contributed by atoms with Crippen LogP contribution < -0.4 is 15.7 Å². The Morgan fingerprint density at radius 1 is 1.06 bits per heavy atom. The number of rotatable bonds is 6. The minimum Gasteiger partial charge on any atom is -0.508 e. The molecule has 0 saturated heterocycles. The quantitative estimate of drug-likeness (QED) is 0.327.